The monoisotopic (exact) mass is 417 g/mol. The summed E-state index contributed by atoms with van der Waals surface area (Å²) < 4.78 is 10.9. The van der Waals surface area contributed by atoms with Crippen LogP contribution in [0.4, 0.5) is 5.69 Å². The molecule has 160 valence electrons. The van der Waals surface area contributed by atoms with Gasteiger partial charge in [0.05, 0.1) is 12.0 Å². The minimum atomic E-state index is -0.513. The van der Waals surface area contributed by atoms with Gasteiger partial charge < -0.3 is 19.9 Å². The van der Waals surface area contributed by atoms with Crippen LogP contribution in [0.3, 0.4) is 0 Å². The van der Waals surface area contributed by atoms with Gasteiger partial charge >= 0.3 is 0 Å². The molecular weight excluding hydrogens is 390 g/mol. The summed E-state index contributed by atoms with van der Waals surface area (Å²) in [4.78, 5) is 13.3. The van der Waals surface area contributed by atoms with Crippen molar-refractivity contribution in [1.29, 1.82) is 0 Å². The molecule has 0 atom stereocenters. The van der Waals surface area contributed by atoms with Crippen LogP contribution >= 0.6 is 0 Å². The Balaban J connectivity index is 0.00000245. The Morgan fingerprint density at radius 1 is 1.06 bits per heavy atom. The summed E-state index contributed by atoms with van der Waals surface area (Å²) in [6.45, 7) is 2.34. The lowest BCUT2D eigenvalue weighted by atomic mass is 9.93. The molecule has 1 heterocycles. The van der Waals surface area contributed by atoms with Gasteiger partial charge in [0.2, 0.25) is 12.7 Å². The molecule has 0 spiro atoms. The second kappa shape index (κ2) is 7.75. The van der Waals surface area contributed by atoms with Crippen LogP contribution in [0.25, 0.3) is 11.1 Å². The van der Waals surface area contributed by atoms with Gasteiger partial charge in [0, 0.05) is 7.11 Å². The Hall–Kier alpha value is -3.31. The van der Waals surface area contributed by atoms with Gasteiger partial charge in [-0.1, -0.05) is 37.3 Å². The summed E-state index contributed by atoms with van der Waals surface area (Å²) in [5, 5.41) is 12.6. The van der Waals surface area contributed by atoms with Crippen LogP contribution in [-0.4, -0.2) is 17.8 Å². The molecule has 0 radical (unpaired) electrons. The second-order valence-electron chi connectivity index (χ2n) is 8.19. The third-order valence-corrected chi connectivity index (χ3v) is 6.28. The van der Waals surface area contributed by atoms with E-state index in [-0.39, 0.29) is 20.7 Å². The second-order valence-corrected chi connectivity index (χ2v) is 8.19. The number of aryl methyl sites for hydroxylation is 1. The molecule has 0 aromatic heterocycles. The summed E-state index contributed by atoms with van der Waals surface area (Å²) in [6.07, 6.45) is 2.52. The van der Waals surface area contributed by atoms with Gasteiger partial charge in [0.1, 0.15) is 0 Å². The number of anilines is 1. The van der Waals surface area contributed by atoms with Crippen molar-refractivity contribution in [2.75, 3.05) is 12.1 Å². The first-order valence-corrected chi connectivity index (χ1v) is 10.7. The number of fused-ring (bicyclic) bond motifs is 1. The molecule has 31 heavy (non-hydrogen) atoms. The fourth-order valence-electron chi connectivity index (χ4n) is 4.29. The first-order chi connectivity index (χ1) is 15.1. The fourth-order valence-corrected chi connectivity index (χ4v) is 4.29. The molecule has 5 heteroatoms. The third-order valence-electron chi connectivity index (χ3n) is 6.28. The van der Waals surface area contributed by atoms with Crippen LogP contribution in [0.15, 0.2) is 60.7 Å². The molecule has 0 bridgehead atoms. The van der Waals surface area contributed by atoms with Gasteiger partial charge in [0.25, 0.3) is 0 Å². The number of aliphatic hydroxyl groups is 1. The van der Waals surface area contributed by atoms with E-state index in [1.54, 1.807) is 0 Å². The lowest BCUT2D eigenvalue weighted by molar-refractivity contribution is -0.118. The molecule has 3 aromatic rings. The summed E-state index contributed by atoms with van der Waals surface area (Å²) in [5.41, 5.74) is 5.41. The van der Waals surface area contributed by atoms with E-state index in [0.717, 1.165) is 53.0 Å². The molecule has 2 N–H and O–H groups in total. The topological polar surface area (TPSA) is 67.8 Å². The summed E-state index contributed by atoms with van der Waals surface area (Å²) in [7, 11) is 0. The molecule has 3 aromatic carbocycles. The lowest BCUT2D eigenvalue weighted by Crippen LogP contribution is -2.27. The van der Waals surface area contributed by atoms with Crippen molar-refractivity contribution in [3.8, 4) is 22.6 Å². The quantitative estimate of drug-likeness (QED) is 0.589. The fraction of sp³-hybridized carbons (Fsp3) is 0.269. The van der Waals surface area contributed by atoms with Crippen molar-refractivity contribution in [2.24, 2.45) is 0 Å². The number of aliphatic hydroxyl groups excluding tert-OH is 1. The minimum absolute atomic E-state index is 0. The number of rotatable bonds is 6. The van der Waals surface area contributed by atoms with Crippen LogP contribution in [0.2, 0.25) is 0 Å². The molecule has 2 aliphatic rings. The van der Waals surface area contributed by atoms with Gasteiger partial charge in [-0.25, -0.2) is 0 Å². The van der Waals surface area contributed by atoms with E-state index in [9.17, 15) is 9.90 Å². The van der Waals surface area contributed by atoms with E-state index >= 15 is 0 Å². The van der Waals surface area contributed by atoms with Gasteiger partial charge in [-0.15, -0.1) is 0 Å². The maximum absolute atomic E-state index is 13.3. The molecule has 1 fully saturated rings. The number of ether oxygens (including phenoxy) is 2. The van der Waals surface area contributed by atoms with E-state index < -0.39 is 5.41 Å². The van der Waals surface area contributed by atoms with Crippen LogP contribution in [0, 0.1) is 0 Å². The van der Waals surface area contributed by atoms with Gasteiger partial charge in [-0.3, -0.25) is 4.79 Å². The van der Waals surface area contributed by atoms with Crippen LogP contribution in [-0.2, 0) is 23.2 Å². The lowest BCUT2D eigenvalue weighted by Gasteiger charge is -2.18. The van der Waals surface area contributed by atoms with Gasteiger partial charge in [-0.2, -0.15) is 0 Å². The molecule has 1 saturated carbocycles. The maximum atomic E-state index is 13.3. The zero-order valence-electron chi connectivity index (χ0n) is 17.5. The van der Waals surface area contributed by atoms with Crippen molar-refractivity contribution in [2.45, 2.75) is 38.2 Å². The first-order valence-electron chi connectivity index (χ1n) is 10.7. The summed E-state index contributed by atoms with van der Waals surface area (Å²) in [5.74, 6) is 1.44. The van der Waals surface area contributed by atoms with Crippen molar-refractivity contribution in [3.63, 3.8) is 0 Å². The number of benzene rings is 3. The van der Waals surface area contributed by atoms with E-state index in [4.69, 9.17) is 9.47 Å². The molecule has 1 aliphatic carbocycles. The number of nitrogens with one attached hydrogen (secondary N) is 1. The average molecular weight is 418 g/mol. The van der Waals surface area contributed by atoms with Crippen molar-refractivity contribution in [3.05, 3.63) is 77.4 Å². The molecule has 5 nitrogen and oxygen atoms in total. The predicted octanol–water partition coefficient (Wildman–Crippen LogP) is 5.05. The average Bonchev–Trinajstić information content (AvgIpc) is 3.50. The number of carbonyl (C=O) groups excluding carboxylic acids is 1. The number of hydrogen-bond acceptors (Lipinski definition) is 4. The Morgan fingerprint density at radius 3 is 2.68 bits per heavy atom. The van der Waals surface area contributed by atoms with Crippen LogP contribution < -0.4 is 14.8 Å². The smallest absolute Gasteiger partial charge is 0.235 e. The molecular formula is C26H27NO4. The zero-order chi connectivity index (χ0) is 21.4. The SMILES string of the molecule is CCc1ccc(NC(=O)C2(c3ccc4c(c3)OCO4)CC2)cc1-c1cccc(CO)c1.[HH]. The molecule has 0 saturated heterocycles. The highest BCUT2D eigenvalue weighted by Gasteiger charge is 2.51. The zero-order valence-corrected chi connectivity index (χ0v) is 17.5. The van der Waals surface area contributed by atoms with Gasteiger partial charge in [-0.05, 0) is 77.4 Å². The van der Waals surface area contributed by atoms with Gasteiger partial charge in [0.15, 0.2) is 11.5 Å². The highest BCUT2D eigenvalue weighted by molar-refractivity contribution is 6.02. The Morgan fingerprint density at radius 2 is 1.90 bits per heavy atom. The standard InChI is InChI=1S/C26H25NO4.H2/c1-2-18-6-8-21(14-22(18)19-5-3-4-17(12-19)15-28)27-25(29)26(10-11-26)20-7-9-23-24(13-20)31-16-30-23;/h3-9,12-14,28H,2,10-11,15-16H2,1H3,(H,27,29);1H. The molecule has 1 aliphatic heterocycles. The highest BCUT2D eigenvalue weighted by Crippen LogP contribution is 2.51. The van der Waals surface area contributed by atoms with Crippen molar-refractivity contribution >= 4 is 11.6 Å². The van der Waals surface area contributed by atoms with E-state index in [1.807, 2.05) is 54.6 Å². The number of carbonyl (C=O) groups is 1. The normalized spacial score (nSPS) is 15.5. The Bertz CT molecular complexity index is 1160. The van der Waals surface area contributed by atoms with E-state index in [2.05, 4.69) is 18.3 Å². The Kier molecular flexibility index (Phi) is 4.91. The van der Waals surface area contributed by atoms with E-state index in [0.29, 0.717) is 5.75 Å². The van der Waals surface area contributed by atoms with E-state index in [1.165, 1.54) is 5.56 Å². The largest absolute Gasteiger partial charge is 0.454 e. The number of amides is 1. The van der Waals surface area contributed by atoms with Crippen LogP contribution in [0.1, 0.15) is 37.9 Å². The molecule has 1 amide bonds. The minimum Gasteiger partial charge on any atom is -0.454 e. The summed E-state index contributed by atoms with van der Waals surface area (Å²) >= 11 is 0. The highest BCUT2D eigenvalue weighted by atomic mass is 16.7. The third kappa shape index (κ3) is 3.55. The van der Waals surface area contributed by atoms with Crippen molar-refractivity contribution < 1.29 is 20.8 Å². The first kappa shape index (κ1) is 19.6. The van der Waals surface area contributed by atoms with Crippen LogP contribution in [0.5, 0.6) is 11.5 Å². The molecule has 5 rings (SSSR count). The predicted molar refractivity (Wildman–Crippen MR) is 121 cm³/mol. The maximum Gasteiger partial charge on any atom is 0.235 e. The Labute approximate surface area is 183 Å². The van der Waals surface area contributed by atoms with Crippen molar-refractivity contribution in [1.82, 2.24) is 0 Å². The number of hydrogen-bond donors (Lipinski definition) is 2. The molecule has 0 unspecified atom stereocenters. The summed E-state index contributed by atoms with van der Waals surface area (Å²) in [6, 6.07) is 19.7.